The fourth-order valence-corrected chi connectivity index (χ4v) is 3.28. The molecule has 2 aliphatic rings. The molecule has 0 aromatic carbocycles. The molecule has 1 saturated heterocycles. The van der Waals surface area contributed by atoms with E-state index in [-0.39, 0.29) is 11.9 Å². The molecular formula is C15H23N3O2. The van der Waals surface area contributed by atoms with Crippen LogP contribution in [0.3, 0.4) is 0 Å². The van der Waals surface area contributed by atoms with Crippen molar-refractivity contribution in [2.24, 2.45) is 0 Å². The highest BCUT2D eigenvalue weighted by Gasteiger charge is 2.25. The first-order chi connectivity index (χ1) is 9.84. The van der Waals surface area contributed by atoms with Gasteiger partial charge in [-0.1, -0.05) is 19.3 Å². The number of aromatic nitrogens is 2. The quantitative estimate of drug-likeness (QED) is 0.891. The molecule has 1 aromatic rings. The zero-order valence-electron chi connectivity index (χ0n) is 11.9. The summed E-state index contributed by atoms with van der Waals surface area (Å²) in [5.41, 5.74) is 1.78. The summed E-state index contributed by atoms with van der Waals surface area (Å²) in [4.78, 5) is 12.4. The fraction of sp³-hybridized carbons (Fsp3) is 0.733. The molecule has 1 amide bonds. The fourth-order valence-electron chi connectivity index (χ4n) is 3.28. The molecule has 3 rings (SSSR count). The number of carbonyl (C=O) groups is 1. The highest BCUT2D eigenvalue weighted by Crippen LogP contribution is 2.33. The van der Waals surface area contributed by atoms with Crippen LogP contribution in [0.4, 0.5) is 0 Å². The minimum Gasteiger partial charge on any atom is -0.381 e. The van der Waals surface area contributed by atoms with Crippen LogP contribution in [0.25, 0.3) is 0 Å². The summed E-state index contributed by atoms with van der Waals surface area (Å²) in [5.74, 6) is 0.493. The molecule has 5 heteroatoms. The highest BCUT2D eigenvalue weighted by atomic mass is 16.5. The van der Waals surface area contributed by atoms with E-state index >= 15 is 0 Å². The van der Waals surface area contributed by atoms with E-state index < -0.39 is 0 Å². The van der Waals surface area contributed by atoms with Crippen molar-refractivity contribution in [2.75, 3.05) is 13.2 Å². The van der Waals surface area contributed by atoms with Crippen LogP contribution >= 0.6 is 0 Å². The molecule has 1 aromatic heterocycles. The molecule has 2 heterocycles. The second kappa shape index (κ2) is 6.39. The first-order valence-electron chi connectivity index (χ1n) is 7.76. The summed E-state index contributed by atoms with van der Waals surface area (Å²) in [6.07, 6.45) is 9.65. The van der Waals surface area contributed by atoms with Crippen LogP contribution in [-0.2, 0) is 4.74 Å². The Balaban J connectivity index is 1.66. The van der Waals surface area contributed by atoms with Gasteiger partial charge in [0.05, 0.1) is 17.5 Å². The lowest BCUT2D eigenvalue weighted by molar-refractivity contribution is 0.0696. The number of rotatable bonds is 3. The predicted molar refractivity (Wildman–Crippen MR) is 75.7 cm³/mol. The van der Waals surface area contributed by atoms with Crippen LogP contribution in [0.5, 0.6) is 0 Å². The van der Waals surface area contributed by atoms with E-state index in [1.54, 1.807) is 6.20 Å². The minimum atomic E-state index is 0.0197. The first-order valence-corrected chi connectivity index (χ1v) is 7.76. The Kier molecular flexibility index (Phi) is 4.35. The molecule has 110 valence electrons. The number of aromatic amines is 1. The van der Waals surface area contributed by atoms with Gasteiger partial charge in [-0.2, -0.15) is 5.10 Å². The average Bonchev–Trinajstić information content (AvgIpc) is 2.99. The maximum Gasteiger partial charge on any atom is 0.254 e. The third-order valence-electron chi connectivity index (χ3n) is 4.48. The Morgan fingerprint density at radius 3 is 2.70 bits per heavy atom. The monoisotopic (exact) mass is 277 g/mol. The maximum atomic E-state index is 12.4. The molecule has 0 radical (unpaired) electrons. The standard InChI is InChI=1S/C15H23N3O2/c19-15(17-12-6-8-20-9-7-12)13-10-16-18-14(13)11-4-2-1-3-5-11/h10-12H,1-9H2,(H,16,18)(H,17,19). The van der Waals surface area contributed by atoms with Crippen LogP contribution in [0.2, 0.25) is 0 Å². The van der Waals surface area contributed by atoms with Gasteiger partial charge in [-0.15, -0.1) is 0 Å². The lowest BCUT2D eigenvalue weighted by Crippen LogP contribution is -2.39. The van der Waals surface area contributed by atoms with Crippen molar-refractivity contribution in [1.29, 1.82) is 0 Å². The van der Waals surface area contributed by atoms with Gasteiger partial charge in [0.25, 0.3) is 5.91 Å². The molecule has 20 heavy (non-hydrogen) atoms. The largest absolute Gasteiger partial charge is 0.381 e. The zero-order valence-corrected chi connectivity index (χ0v) is 11.9. The molecule has 5 nitrogen and oxygen atoms in total. The number of carbonyl (C=O) groups excluding carboxylic acids is 1. The summed E-state index contributed by atoms with van der Waals surface area (Å²) in [6, 6.07) is 0.241. The Bertz CT molecular complexity index is 446. The Hall–Kier alpha value is -1.36. The minimum absolute atomic E-state index is 0.0197. The van der Waals surface area contributed by atoms with Crippen molar-refractivity contribution in [3.63, 3.8) is 0 Å². The van der Waals surface area contributed by atoms with Crippen LogP contribution in [0, 0.1) is 0 Å². The van der Waals surface area contributed by atoms with Crippen molar-refractivity contribution in [3.05, 3.63) is 17.5 Å². The molecule has 2 fully saturated rings. The second-order valence-electron chi connectivity index (χ2n) is 5.89. The van der Waals surface area contributed by atoms with Crippen LogP contribution < -0.4 is 5.32 Å². The van der Waals surface area contributed by atoms with E-state index in [9.17, 15) is 4.79 Å². The van der Waals surface area contributed by atoms with E-state index in [0.29, 0.717) is 5.92 Å². The average molecular weight is 277 g/mol. The first kappa shape index (κ1) is 13.6. The summed E-state index contributed by atoms with van der Waals surface area (Å²) in [6.45, 7) is 1.48. The number of hydrogen-bond acceptors (Lipinski definition) is 3. The number of nitrogens with zero attached hydrogens (tertiary/aromatic N) is 1. The van der Waals surface area contributed by atoms with Gasteiger partial charge in [-0.05, 0) is 25.7 Å². The number of nitrogens with one attached hydrogen (secondary N) is 2. The van der Waals surface area contributed by atoms with Crippen molar-refractivity contribution in [3.8, 4) is 0 Å². The number of hydrogen-bond donors (Lipinski definition) is 2. The maximum absolute atomic E-state index is 12.4. The van der Waals surface area contributed by atoms with E-state index in [4.69, 9.17) is 4.74 Å². The normalized spacial score (nSPS) is 21.8. The van der Waals surface area contributed by atoms with Crippen LogP contribution in [0.15, 0.2) is 6.20 Å². The smallest absolute Gasteiger partial charge is 0.254 e. The Labute approximate surface area is 119 Å². The Morgan fingerprint density at radius 1 is 1.20 bits per heavy atom. The predicted octanol–water partition coefficient (Wildman–Crippen LogP) is 2.37. The summed E-state index contributed by atoms with van der Waals surface area (Å²) in [7, 11) is 0. The number of ether oxygens (including phenoxy) is 1. The molecule has 0 spiro atoms. The third-order valence-corrected chi connectivity index (χ3v) is 4.48. The molecular weight excluding hydrogens is 254 g/mol. The molecule has 0 bridgehead atoms. The number of H-pyrrole nitrogens is 1. The van der Waals surface area contributed by atoms with Gasteiger partial charge in [-0.25, -0.2) is 0 Å². The zero-order chi connectivity index (χ0) is 13.8. The lowest BCUT2D eigenvalue weighted by Gasteiger charge is -2.24. The molecule has 1 saturated carbocycles. The SMILES string of the molecule is O=C(NC1CCOCC1)c1cn[nH]c1C1CCCCC1. The van der Waals surface area contributed by atoms with Crippen molar-refractivity contribution < 1.29 is 9.53 Å². The number of amides is 1. The lowest BCUT2D eigenvalue weighted by atomic mass is 9.85. The summed E-state index contributed by atoms with van der Waals surface area (Å²) < 4.78 is 5.32. The van der Waals surface area contributed by atoms with Crippen LogP contribution in [-0.4, -0.2) is 35.4 Å². The van der Waals surface area contributed by atoms with E-state index in [0.717, 1.165) is 37.3 Å². The summed E-state index contributed by atoms with van der Waals surface area (Å²) in [5, 5.41) is 10.3. The topological polar surface area (TPSA) is 67.0 Å². The van der Waals surface area contributed by atoms with Crippen molar-refractivity contribution in [1.82, 2.24) is 15.5 Å². The van der Waals surface area contributed by atoms with Gasteiger partial charge in [-0.3, -0.25) is 9.89 Å². The van der Waals surface area contributed by atoms with Gasteiger partial charge in [0.15, 0.2) is 0 Å². The van der Waals surface area contributed by atoms with Crippen molar-refractivity contribution >= 4 is 5.91 Å². The third kappa shape index (κ3) is 3.03. The van der Waals surface area contributed by atoms with E-state index in [2.05, 4.69) is 15.5 Å². The molecule has 0 atom stereocenters. The summed E-state index contributed by atoms with van der Waals surface area (Å²) >= 11 is 0. The van der Waals surface area contributed by atoms with Crippen molar-refractivity contribution in [2.45, 2.75) is 56.9 Å². The van der Waals surface area contributed by atoms with Crippen LogP contribution in [0.1, 0.15) is 66.9 Å². The van der Waals surface area contributed by atoms with Gasteiger partial charge < -0.3 is 10.1 Å². The highest BCUT2D eigenvalue weighted by molar-refractivity contribution is 5.95. The van der Waals surface area contributed by atoms with Gasteiger partial charge in [0, 0.05) is 25.2 Å². The van der Waals surface area contributed by atoms with E-state index in [1.165, 1.54) is 32.1 Å². The second-order valence-corrected chi connectivity index (χ2v) is 5.89. The molecule has 0 unspecified atom stereocenters. The molecule has 1 aliphatic carbocycles. The molecule has 1 aliphatic heterocycles. The van der Waals surface area contributed by atoms with Gasteiger partial charge in [0.1, 0.15) is 0 Å². The van der Waals surface area contributed by atoms with Gasteiger partial charge >= 0.3 is 0 Å². The Morgan fingerprint density at radius 2 is 1.95 bits per heavy atom. The van der Waals surface area contributed by atoms with Gasteiger partial charge in [0.2, 0.25) is 0 Å². The van der Waals surface area contributed by atoms with E-state index in [1.807, 2.05) is 0 Å². The molecule has 2 N–H and O–H groups in total.